The zero-order valence-corrected chi connectivity index (χ0v) is 16.8. The molecule has 0 spiro atoms. The number of methoxy groups -OCH3 is 2. The van der Waals surface area contributed by atoms with Crippen molar-refractivity contribution in [3.8, 4) is 11.5 Å². The van der Waals surface area contributed by atoms with Crippen LogP contribution in [0.2, 0.25) is 0 Å². The van der Waals surface area contributed by atoms with Gasteiger partial charge in [-0.2, -0.15) is 5.10 Å². The third kappa shape index (κ3) is 3.43. The van der Waals surface area contributed by atoms with Gasteiger partial charge >= 0.3 is 0 Å². The molecule has 0 radical (unpaired) electrons. The summed E-state index contributed by atoms with van der Waals surface area (Å²) in [6.07, 6.45) is 3.26. The van der Waals surface area contributed by atoms with Crippen LogP contribution in [-0.2, 0) is 16.6 Å². The Bertz CT molecular complexity index is 1300. The van der Waals surface area contributed by atoms with E-state index in [2.05, 4.69) is 15.0 Å². The molecule has 2 aromatic heterocycles. The van der Waals surface area contributed by atoms with E-state index in [-0.39, 0.29) is 45.3 Å². The smallest absolute Gasteiger partial charge is 0.266 e. The van der Waals surface area contributed by atoms with Gasteiger partial charge in [-0.1, -0.05) is 17.3 Å². The van der Waals surface area contributed by atoms with Crippen LogP contribution in [0, 0.1) is 5.82 Å². The number of ether oxygens (including phenoxy) is 2. The number of nitrogens with zero attached hydrogens (tertiary/aromatic N) is 3. The lowest BCUT2D eigenvalue weighted by molar-refractivity contribution is 0.388. The molecule has 0 saturated heterocycles. The van der Waals surface area contributed by atoms with Crippen molar-refractivity contribution in [2.24, 2.45) is 0 Å². The first-order chi connectivity index (χ1) is 14.4. The zero-order valence-electron chi connectivity index (χ0n) is 16.0. The molecule has 0 atom stereocenters. The van der Waals surface area contributed by atoms with E-state index in [1.807, 2.05) is 0 Å². The fraction of sp³-hybridized carbons (Fsp3) is 0.158. The van der Waals surface area contributed by atoms with Crippen LogP contribution in [-0.4, -0.2) is 37.6 Å². The first-order valence-corrected chi connectivity index (χ1v) is 10.2. The van der Waals surface area contributed by atoms with E-state index in [1.54, 1.807) is 30.6 Å². The minimum atomic E-state index is -4.10. The molecule has 2 heterocycles. The van der Waals surface area contributed by atoms with Crippen molar-refractivity contribution in [2.45, 2.75) is 11.4 Å². The summed E-state index contributed by atoms with van der Waals surface area (Å²) < 4.78 is 60.3. The van der Waals surface area contributed by atoms with Gasteiger partial charge in [0.05, 0.1) is 20.8 Å². The van der Waals surface area contributed by atoms with Crippen LogP contribution in [0.5, 0.6) is 11.5 Å². The van der Waals surface area contributed by atoms with Gasteiger partial charge in [0, 0.05) is 18.0 Å². The maximum atomic E-state index is 15.1. The number of para-hydroxylation sites is 1. The fourth-order valence-electron chi connectivity index (χ4n) is 3.07. The molecule has 11 heteroatoms. The van der Waals surface area contributed by atoms with Crippen LogP contribution < -0.4 is 14.2 Å². The van der Waals surface area contributed by atoms with Crippen molar-refractivity contribution in [3.05, 3.63) is 60.2 Å². The summed E-state index contributed by atoms with van der Waals surface area (Å²) in [7, 11) is -1.46. The van der Waals surface area contributed by atoms with Gasteiger partial charge in [0.25, 0.3) is 10.0 Å². The number of nitrogens with one attached hydrogen (secondary N) is 1. The van der Waals surface area contributed by atoms with Crippen molar-refractivity contribution in [2.75, 3.05) is 18.9 Å². The summed E-state index contributed by atoms with van der Waals surface area (Å²) in [5.41, 5.74) is 0.409. The maximum Gasteiger partial charge on any atom is 0.266 e. The summed E-state index contributed by atoms with van der Waals surface area (Å²) >= 11 is 0. The number of benzene rings is 2. The lowest BCUT2D eigenvalue weighted by Crippen LogP contribution is -2.14. The van der Waals surface area contributed by atoms with Gasteiger partial charge < -0.3 is 14.0 Å². The molecular formula is C19H17FN4O5S. The molecule has 4 aromatic rings. The second-order valence-corrected chi connectivity index (χ2v) is 7.90. The number of halogens is 1. The highest BCUT2D eigenvalue weighted by Gasteiger charge is 2.26. The number of sulfonamides is 1. The van der Waals surface area contributed by atoms with Crippen molar-refractivity contribution in [1.82, 2.24) is 14.9 Å². The maximum absolute atomic E-state index is 15.1. The largest absolute Gasteiger partial charge is 0.495 e. The van der Waals surface area contributed by atoms with E-state index in [1.165, 1.54) is 37.1 Å². The minimum Gasteiger partial charge on any atom is -0.495 e. The van der Waals surface area contributed by atoms with Gasteiger partial charge in [0.2, 0.25) is 0 Å². The molecule has 0 aliphatic heterocycles. The first-order valence-electron chi connectivity index (χ1n) is 8.72. The minimum absolute atomic E-state index is 0.0673. The van der Waals surface area contributed by atoms with E-state index in [0.717, 1.165) is 0 Å². The molecule has 4 rings (SSSR count). The van der Waals surface area contributed by atoms with Crippen molar-refractivity contribution < 1.29 is 26.8 Å². The Labute approximate surface area is 171 Å². The molecule has 0 fully saturated rings. The average Bonchev–Trinajstić information content (AvgIpc) is 3.39. The molecule has 9 nitrogen and oxygen atoms in total. The van der Waals surface area contributed by atoms with Crippen LogP contribution in [0.1, 0.15) is 5.56 Å². The third-order valence-electron chi connectivity index (χ3n) is 4.42. The highest BCUT2D eigenvalue weighted by molar-refractivity contribution is 7.92. The van der Waals surface area contributed by atoms with Crippen molar-refractivity contribution >= 4 is 26.8 Å². The molecule has 156 valence electrons. The zero-order chi connectivity index (χ0) is 21.3. The van der Waals surface area contributed by atoms with Gasteiger partial charge in [-0.25, -0.2) is 12.8 Å². The molecule has 2 aromatic carbocycles. The third-order valence-corrected chi connectivity index (χ3v) is 5.80. The Morgan fingerprint density at radius 3 is 2.70 bits per heavy atom. The number of fused-ring (bicyclic) bond motifs is 1. The van der Waals surface area contributed by atoms with Crippen LogP contribution in [0.3, 0.4) is 0 Å². The van der Waals surface area contributed by atoms with Gasteiger partial charge in [-0.05, 0) is 24.3 Å². The quantitative estimate of drug-likeness (QED) is 0.478. The highest BCUT2D eigenvalue weighted by Crippen LogP contribution is 2.38. The standard InChI is InChI=1S/C19H17FN4O5S/c1-27-13-6-3-4-7-15(13)30(25,26)23-19-16-14(29-22-19)10-12(17(20)18(16)28-2)11-24-9-5-8-21-24/h3-10H,11H2,1-2H3,(H,22,23). The summed E-state index contributed by atoms with van der Waals surface area (Å²) in [6, 6.07) is 9.24. The van der Waals surface area contributed by atoms with E-state index < -0.39 is 15.8 Å². The second kappa shape index (κ2) is 7.67. The van der Waals surface area contributed by atoms with E-state index in [0.29, 0.717) is 0 Å². The van der Waals surface area contributed by atoms with Gasteiger partial charge in [-0.3, -0.25) is 9.40 Å². The lowest BCUT2D eigenvalue weighted by Gasteiger charge is -2.11. The van der Waals surface area contributed by atoms with Gasteiger partial charge in [0.1, 0.15) is 16.0 Å². The SMILES string of the molecule is COc1ccccc1S(=O)(=O)Nc1noc2cc(Cn3cccn3)c(F)c(OC)c12. The van der Waals surface area contributed by atoms with Crippen LogP contribution in [0.4, 0.5) is 10.2 Å². The molecular weight excluding hydrogens is 415 g/mol. The van der Waals surface area contributed by atoms with Crippen LogP contribution in [0.15, 0.2) is 58.2 Å². The van der Waals surface area contributed by atoms with E-state index >= 15 is 4.39 Å². The number of hydrogen-bond donors (Lipinski definition) is 1. The Balaban J connectivity index is 1.78. The van der Waals surface area contributed by atoms with Crippen LogP contribution in [0.25, 0.3) is 11.0 Å². The van der Waals surface area contributed by atoms with Crippen molar-refractivity contribution in [3.63, 3.8) is 0 Å². The average molecular weight is 432 g/mol. The number of aromatic nitrogens is 3. The molecule has 1 N–H and O–H groups in total. The molecule has 30 heavy (non-hydrogen) atoms. The predicted octanol–water partition coefficient (Wildman–Crippen LogP) is 3.03. The first kappa shape index (κ1) is 19.7. The van der Waals surface area contributed by atoms with E-state index in [9.17, 15) is 8.42 Å². The van der Waals surface area contributed by atoms with Gasteiger partial charge in [0.15, 0.2) is 23.0 Å². The van der Waals surface area contributed by atoms with Crippen LogP contribution >= 0.6 is 0 Å². The highest BCUT2D eigenvalue weighted by atomic mass is 32.2. The summed E-state index contributed by atoms with van der Waals surface area (Å²) in [6.45, 7) is 0.133. The van der Waals surface area contributed by atoms with E-state index in [4.69, 9.17) is 14.0 Å². The molecule has 0 bridgehead atoms. The monoisotopic (exact) mass is 432 g/mol. The Hall–Kier alpha value is -3.60. The molecule has 0 unspecified atom stereocenters. The second-order valence-electron chi connectivity index (χ2n) is 6.25. The topological polar surface area (TPSA) is 108 Å². The number of hydrogen-bond acceptors (Lipinski definition) is 7. The Morgan fingerprint density at radius 2 is 2.00 bits per heavy atom. The normalized spacial score (nSPS) is 11.6. The molecule has 0 aliphatic carbocycles. The Kier molecular flexibility index (Phi) is 5.04. The molecule has 0 aliphatic rings. The van der Waals surface area contributed by atoms with Crippen molar-refractivity contribution in [1.29, 1.82) is 0 Å². The fourth-order valence-corrected chi connectivity index (χ4v) is 4.24. The Morgan fingerprint density at radius 1 is 1.20 bits per heavy atom. The summed E-state index contributed by atoms with van der Waals surface area (Å²) in [4.78, 5) is -0.0987. The summed E-state index contributed by atoms with van der Waals surface area (Å²) in [5, 5.41) is 7.89. The number of anilines is 1. The van der Waals surface area contributed by atoms with Gasteiger partial charge in [-0.15, -0.1) is 0 Å². The summed E-state index contributed by atoms with van der Waals surface area (Å²) in [5.74, 6) is -0.898. The molecule has 0 saturated carbocycles. The predicted molar refractivity (Wildman–Crippen MR) is 106 cm³/mol. The number of rotatable bonds is 7. The molecule has 0 amide bonds. The lowest BCUT2D eigenvalue weighted by atomic mass is 10.1.